The molecule has 1 aromatic rings. The maximum absolute atomic E-state index is 5.48. The third kappa shape index (κ3) is 4.36. The van der Waals surface area contributed by atoms with Crippen molar-refractivity contribution in [3.05, 3.63) is 12.2 Å². The summed E-state index contributed by atoms with van der Waals surface area (Å²) >= 11 is 0. The Bertz CT molecular complexity index is 328. The number of nitrogens with one attached hydrogen (secondary N) is 1. The maximum Gasteiger partial charge on any atom is 0.144 e. The van der Waals surface area contributed by atoms with E-state index in [0.29, 0.717) is 25.9 Å². The Morgan fingerprint density at radius 2 is 2.11 bits per heavy atom. The number of hydrogen-bond acceptors (Lipinski definition) is 5. The third-order valence-electron chi connectivity index (χ3n) is 2.73. The lowest BCUT2D eigenvalue weighted by atomic mass is 10.2. The molecule has 0 aliphatic heterocycles. The van der Waals surface area contributed by atoms with Crippen molar-refractivity contribution in [2.45, 2.75) is 32.4 Å². The first kappa shape index (κ1) is 15.1. The van der Waals surface area contributed by atoms with Crippen LogP contribution in [0.5, 0.6) is 0 Å². The van der Waals surface area contributed by atoms with Crippen LogP contribution in [-0.2, 0) is 9.47 Å². The number of nitrogens with zero attached hydrogens (tertiary/aromatic N) is 3. The second kappa shape index (κ2) is 8.18. The van der Waals surface area contributed by atoms with Crippen LogP contribution in [-0.4, -0.2) is 48.7 Å². The highest BCUT2D eigenvalue weighted by molar-refractivity contribution is 4.95. The van der Waals surface area contributed by atoms with E-state index in [4.69, 9.17) is 9.47 Å². The molecule has 1 N–H and O–H groups in total. The van der Waals surface area contributed by atoms with Gasteiger partial charge in [-0.2, -0.15) is 5.10 Å². The molecule has 6 nitrogen and oxygen atoms in total. The quantitative estimate of drug-likeness (QED) is 0.672. The molecule has 6 heteroatoms. The zero-order valence-corrected chi connectivity index (χ0v) is 11.7. The lowest BCUT2D eigenvalue weighted by molar-refractivity contribution is 0.0655. The zero-order valence-electron chi connectivity index (χ0n) is 11.7. The molecular weight excluding hydrogens is 232 g/mol. The van der Waals surface area contributed by atoms with E-state index < -0.39 is 0 Å². The molecule has 0 spiro atoms. The molecule has 104 valence electrons. The van der Waals surface area contributed by atoms with Gasteiger partial charge in [0.05, 0.1) is 19.3 Å². The van der Waals surface area contributed by atoms with Gasteiger partial charge in [0, 0.05) is 19.8 Å². The van der Waals surface area contributed by atoms with Crippen molar-refractivity contribution in [3.8, 4) is 0 Å². The van der Waals surface area contributed by atoms with Crippen molar-refractivity contribution in [1.29, 1.82) is 0 Å². The molecule has 18 heavy (non-hydrogen) atoms. The van der Waals surface area contributed by atoms with Crippen LogP contribution in [0.15, 0.2) is 6.33 Å². The molecule has 1 aromatic heterocycles. The summed E-state index contributed by atoms with van der Waals surface area (Å²) in [6.07, 6.45) is 2.47. The van der Waals surface area contributed by atoms with Gasteiger partial charge < -0.3 is 14.8 Å². The zero-order chi connectivity index (χ0) is 13.4. The van der Waals surface area contributed by atoms with Gasteiger partial charge in [-0.1, -0.05) is 0 Å². The van der Waals surface area contributed by atoms with Gasteiger partial charge in [-0.15, -0.1) is 0 Å². The second-order valence-corrected chi connectivity index (χ2v) is 4.39. The minimum absolute atomic E-state index is 0.164. The normalized spacial score (nSPS) is 13.2. The average molecular weight is 256 g/mol. The van der Waals surface area contributed by atoms with E-state index in [-0.39, 0.29) is 6.04 Å². The predicted octanol–water partition coefficient (Wildman–Crippen LogP) is 1.17. The van der Waals surface area contributed by atoms with Gasteiger partial charge >= 0.3 is 0 Å². The van der Waals surface area contributed by atoms with Gasteiger partial charge in [0.15, 0.2) is 0 Å². The summed E-state index contributed by atoms with van der Waals surface area (Å²) in [7, 11) is 3.60. The summed E-state index contributed by atoms with van der Waals surface area (Å²) in [4.78, 5) is 4.33. The molecular formula is C12H24N4O2. The molecule has 1 heterocycles. The minimum Gasteiger partial charge on any atom is -0.382 e. The van der Waals surface area contributed by atoms with Crippen LogP contribution in [0.3, 0.4) is 0 Å². The van der Waals surface area contributed by atoms with Crippen LogP contribution >= 0.6 is 0 Å². The smallest absolute Gasteiger partial charge is 0.144 e. The average Bonchev–Trinajstić information content (AvgIpc) is 2.83. The topological polar surface area (TPSA) is 61.2 Å². The molecule has 0 aromatic carbocycles. The highest BCUT2D eigenvalue weighted by Crippen LogP contribution is 2.16. The highest BCUT2D eigenvalue weighted by atomic mass is 16.5. The molecule has 1 rings (SSSR count). The molecule has 1 unspecified atom stereocenters. The fourth-order valence-corrected chi connectivity index (χ4v) is 1.75. The Hall–Kier alpha value is -0.980. The van der Waals surface area contributed by atoms with Crippen LogP contribution in [0, 0.1) is 0 Å². The largest absolute Gasteiger partial charge is 0.382 e. The van der Waals surface area contributed by atoms with E-state index in [2.05, 4.69) is 29.2 Å². The van der Waals surface area contributed by atoms with Crippen molar-refractivity contribution in [1.82, 2.24) is 20.1 Å². The standard InChI is InChI=1S/C12H24N4O2/c1-10(2)16-12(14-9-15-16)11(13-3)5-6-18-8-7-17-4/h9-11,13H,5-8H2,1-4H3. The van der Waals surface area contributed by atoms with Crippen molar-refractivity contribution in [3.63, 3.8) is 0 Å². The summed E-state index contributed by atoms with van der Waals surface area (Å²) in [5, 5.41) is 7.50. The summed E-state index contributed by atoms with van der Waals surface area (Å²) in [5.41, 5.74) is 0. The van der Waals surface area contributed by atoms with E-state index in [1.165, 1.54) is 0 Å². The first-order chi connectivity index (χ1) is 8.70. The number of rotatable bonds is 9. The molecule has 0 amide bonds. The van der Waals surface area contributed by atoms with Crippen LogP contribution < -0.4 is 5.32 Å². The van der Waals surface area contributed by atoms with Crippen LogP contribution in [0.4, 0.5) is 0 Å². The summed E-state index contributed by atoms with van der Waals surface area (Å²) in [6.45, 7) is 6.13. The molecule has 0 aliphatic carbocycles. The molecule has 0 saturated heterocycles. The molecule has 1 atom stereocenters. The van der Waals surface area contributed by atoms with Gasteiger partial charge in [0.25, 0.3) is 0 Å². The van der Waals surface area contributed by atoms with Gasteiger partial charge in [-0.25, -0.2) is 9.67 Å². The lowest BCUT2D eigenvalue weighted by Crippen LogP contribution is -2.24. The van der Waals surface area contributed by atoms with E-state index in [0.717, 1.165) is 12.2 Å². The van der Waals surface area contributed by atoms with E-state index >= 15 is 0 Å². The van der Waals surface area contributed by atoms with Gasteiger partial charge in [-0.3, -0.25) is 0 Å². The fraction of sp³-hybridized carbons (Fsp3) is 0.833. The first-order valence-electron chi connectivity index (χ1n) is 6.34. The number of ether oxygens (including phenoxy) is 2. The lowest BCUT2D eigenvalue weighted by Gasteiger charge is -2.18. The first-order valence-corrected chi connectivity index (χ1v) is 6.34. The highest BCUT2D eigenvalue weighted by Gasteiger charge is 2.17. The predicted molar refractivity (Wildman–Crippen MR) is 69.5 cm³/mol. The number of methoxy groups -OCH3 is 1. The van der Waals surface area contributed by atoms with Crippen LogP contribution in [0.2, 0.25) is 0 Å². The molecule has 0 saturated carbocycles. The summed E-state index contributed by atoms with van der Waals surface area (Å²) < 4.78 is 12.4. The Kier molecular flexibility index (Phi) is 6.85. The van der Waals surface area contributed by atoms with Crippen molar-refractivity contribution < 1.29 is 9.47 Å². The number of hydrogen-bond donors (Lipinski definition) is 1. The summed E-state index contributed by atoms with van der Waals surface area (Å²) in [6, 6.07) is 0.477. The van der Waals surface area contributed by atoms with Gasteiger partial charge in [0.1, 0.15) is 12.2 Å². The molecule has 0 aliphatic rings. The Morgan fingerprint density at radius 1 is 1.33 bits per heavy atom. The Balaban J connectivity index is 2.47. The monoisotopic (exact) mass is 256 g/mol. The third-order valence-corrected chi connectivity index (χ3v) is 2.73. The Labute approximate surface area is 109 Å². The van der Waals surface area contributed by atoms with Gasteiger partial charge in [-0.05, 0) is 27.3 Å². The van der Waals surface area contributed by atoms with Crippen LogP contribution in [0.1, 0.15) is 38.2 Å². The second-order valence-electron chi connectivity index (χ2n) is 4.39. The van der Waals surface area contributed by atoms with Crippen molar-refractivity contribution in [2.75, 3.05) is 34.0 Å². The van der Waals surface area contributed by atoms with Gasteiger partial charge in [0.2, 0.25) is 0 Å². The van der Waals surface area contributed by atoms with Crippen molar-refractivity contribution in [2.24, 2.45) is 0 Å². The molecule has 0 bridgehead atoms. The molecule has 0 fully saturated rings. The minimum atomic E-state index is 0.164. The SMILES string of the molecule is CNC(CCOCCOC)c1ncnn1C(C)C. The van der Waals surface area contributed by atoms with Crippen molar-refractivity contribution >= 4 is 0 Å². The maximum atomic E-state index is 5.48. The van der Waals surface area contributed by atoms with E-state index in [1.54, 1.807) is 13.4 Å². The number of aromatic nitrogens is 3. The van der Waals surface area contributed by atoms with E-state index in [1.807, 2.05) is 11.7 Å². The van der Waals surface area contributed by atoms with E-state index in [9.17, 15) is 0 Å². The Morgan fingerprint density at radius 3 is 2.72 bits per heavy atom. The van der Waals surface area contributed by atoms with Crippen LogP contribution in [0.25, 0.3) is 0 Å². The summed E-state index contributed by atoms with van der Waals surface area (Å²) in [5.74, 6) is 0.961. The fourth-order valence-electron chi connectivity index (χ4n) is 1.75. The molecule has 0 radical (unpaired) electrons.